The summed E-state index contributed by atoms with van der Waals surface area (Å²) in [7, 11) is -0.238. The molecule has 8 nitrogen and oxygen atoms in total. The molecule has 0 spiro atoms. The molecule has 1 aromatic rings. The number of nitrogen functional groups attached to an aromatic ring is 1. The predicted octanol–water partition coefficient (Wildman–Crippen LogP) is 0.796. The van der Waals surface area contributed by atoms with Gasteiger partial charge in [-0.2, -0.15) is 0 Å². The zero-order chi connectivity index (χ0) is 16.2. The molecule has 1 atom stereocenters. The molecule has 0 fully saturated rings. The smallest absolute Gasteiger partial charge is 0.312 e. The molecular weight excluding hydrogens is 296 g/mol. The maximum Gasteiger partial charge on any atom is 0.312 e. The number of benzene rings is 1. The molecule has 0 radical (unpaired) electrons. The minimum Gasteiger partial charge on any atom is -0.393 e. The van der Waals surface area contributed by atoms with Crippen LogP contribution < -0.4 is 10.5 Å². The second-order valence-corrected chi connectivity index (χ2v) is 6.75. The Kier molecular flexibility index (Phi) is 5.64. The van der Waals surface area contributed by atoms with Crippen molar-refractivity contribution in [1.29, 1.82) is 0 Å². The standard InChI is InChI=1S/C12H20N4O4S/c1-9(7-8-15(2)3)14-21(19,20)11-6-4-5-10(13)12(11)16(17)18/h4-6,9,14H,7-8,13H2,1-3H3. The minimum atomic E-state index is -4.00. The number of nitrogens with one attached hydrogen (secondary N) is 1. The molecular formula is C12H20N4O4S. The van der Waals surface area contributed by atoms with Crippen LogP contribution in [0.2, 0.25) is 0 Å². The third-order valence-corrected chi connectivity index (χ3v) is 4.49. The van der Waals surface area contributed by atoms with Gasteiger partial charge in [0, 0.05) is 6.04 Å². The van der Waals surface area contributed by atoms with Crippen molar-refractivity contribution in [3.8, 4) is 0 Å². The van der Waals surface area contributed by atoms with Gasteiger partial charge in [-0.1, -0.05) is 6.07 Å². The minimum absolute atomic E-state index is 0.177. The van der Waals surface area contributed by atoms with Crippen molar-refractivity contribution in [2.45, 2.75) is 24.3 Å². The zero-order valence-corrected chi connectivity index (χ0v) is 13.1. The van der Waals surface area contributed by atoms with E-state index in [0.29, 0.717) is 13.0 Å². The number of nitrogens with zero attached hydrogens (tertiary/aromatic N) is 2. The van der Waals surface area contributed by atoms with Gasteiger partial charge in [0.05, 0.1) is 4.92 Å². The molecule has 1 aromatic carbocycles. The van der Waals surface area contributed by atoms with Gasteiger partial charge in [-0.25, -0.2) is 13.1 Å². The van der Waals surface area contributed by atoms with Crippen molar-refractivity contribution in [1.82, 2.24) is 9.62 Å². The molecule has 1 unspecified atom stereocenters. The van der Waals surface area contributed by atoms with Crippen LogP contribution in [-0.4, -0.2) is 44.9 Å². The molecule has 0 aromatic heterocycles. The van der Waals surface area contributed by atoms with Crippen LogP contribution in [0.25, 0.3) is 0 Å². The number of hydrogen-bond acceptors (Lipinski definition) is 6. The number of nitro benzene ring substituents is 1. The van der Waals surface area contributed by atoms with Gasteiger partial charge >= 0.3 is 5.69 Å². The first kappa shape index (κ1) is 17.3. The third-order valence-electron chi connectivity index (χ3n) is 2.87. The molecule has 0 aliphatic heterocycles. The number of para-hydroxylation sites is 1. The molecule has 0 aliphatic rings. The van der Waals surface area contributed by atoms with Crippen LogP contribution in [0.4, 0.5) is 11.4 Å². The Bertz CT molecular complexity index is 616. The van der Waals surface area contributed by atoms with Crippen molar-refractivity contribution in [3.63, 3.8) is 0 Å². The van der Waals surface area contributed by atoms with E-state index in [0.717, 1.165) is 0 Å². The van der Waals surface area contributed by atoms with Gasteiger partial charge in [-0.05, 0) is 46.1 Å². The Morgan fingerprint density at radius 3 is 2.57 bits per heavy atom. The van der Waals surface area contributed by atoms with Crippen LogP contribution >= 0.6 is 0 Å². The molecule has 0 saturated heterocycles. The van der Waals surface area contributed by atoms with Crippen molar-refractivity contribution in [2.75, 3.05) is 26.4 Å². The second kappa shape index (κ2) is 6.83. The van der Waals surface area contributed by atoms with Crippen LogP contribution in [0.5, 0.6) is 0 Å². The summed E-state index contributed by atoms with van der Waals surface area (Å²) in [5.74, 6) is 0. The maximum atomic E-state index is 12.3. The summed E-state index contributed by atoms with van der Waals surface area (Å²) in [6, 6.07) is 3.50. The van der Waals surface area contributed by atoms with Crippen molar-refractivity contribution < 1.29 is 13.3 Å². The fourth-order valence-corrected chi connectivity index (χ4v) is 3.27. The van der Waals surface area contributed by atoms with E-state index in [4.69, 9.17) is 5.73 Å². The Balaban J connectivity index is 3.04. The summed E-state index contributed by atoms with van der Waals surface area (Å²) in [6.45, 7) is 2.40. The third kappa shape index (κ3) is 4.66. The highest BCUT2D eigenvalue weighted by atomic mass is 32.2. The highest BCUT2D eigenvalue weighted by Gasteiger charge is 2.29. The Labute approximate surface area is 124 Å². The Morgan fingerprint density at radius 1 is 1.43 bits per heavy atom. The largest absolute Gasteiger partial charge is 0.393 e. The molecule has 118 valence electrons. The molecule has 0 aliphatic carbocycles. The molecule has 0 heterocycles. The van der Waals surface area contributed by atoms with Crippen LogP contribution in [-0.2, 0) is 10.0 Å². The SMILES string of the molecule is CC(CCN(C)C)NS(=O)(=O)c1cccc(N)c1[N+](=O)[O-]. The summed E-state index contributed by atoms with van der Waals surface area (Å²) in [5.41, 5.74) is 4.74. The lowest BCUT2D eigenvalue weighted by atomic mass is 10.2. The van der Waals surface area contributed by atoms with Crippen molar-refractivity contribution >= 4 is 21.4 Å². The van der Waals surface area contributed by atoms with Gasteiger partial charge in [0.25, 0.3) is 0 Å². The number of hydrogen-bond donors (Lipinski definition) is 2. The summed E-state index contributed by atoms with van der Waals surface area (Å²) in [4.78, 5) is 11.7. The number of sulfonamides is 1. The fourth-order valence-electron chi connectivity index (χ4n) is 1.79. The lowest BCUT2D eigenvalue weighted by molar-refractivity contribution is -0.386. The summed E-state index contributed by atoms with van der Waals surface area (Å²) >= 11 is 0. The topological polar surface area (TPSA) is 119 Å². The lowest BCUT2D eigenvalue weighted by Crippen LogP contribution is -2.35. The predicted molar refractivity (Wildman–Crippen MR) is 80.5 cm³/mol. The highest BCUT2D eigenvalue weighted by molar-refractivity contribution is 7.89. The van der Waals surface area contributed by atoms with Gasteiger partial charge < -0.3 is 10.6 Å². The van der Waals surface area contributed by atoms with Gasteiger partial charge in [-0.3, -0.25) is 10.1 Å². The molecule has 9 heteroatoms. The average Bonchev–Trinajstić information content (AvgIpc) is 2.35. The van der Waals surface area contributed by atoms with E-state index in [9.17, 15) is 18.5 Å². The Morgan fingerprint density at radius 2 is 2.05 bits per heavy atom. The van der Waals surface area contributed by atoms with E-state index >= 15 is 0 Å². The van der Waals surface area contributed by atoms with Gasteiger partial charge in [0.1, 0.15) is 5.69 Å². The van der Waals surface area contributed by atoms with Gasteiger partial charge in [0.2, 0.25) is 10.0 Å². The summed E-state index contributed by atoms with van der Waals surface area (Å²) in [5, 5.41) is 11.0. The quantitative estimate of drug-likeness (QED) is 0.436. The molecule has 1 rings (SSSR count). The van der Waals surface area contributed by atoms with E-state index in [1.807, 2.05) is 19.0 Å². The Hall–Kier alpha value is -1.71. The average molecular weight is 316 g/mol. The fraction of sp³-hybridized carbons (Fsp3) is 0.500. The molecule has 21 heavy (non-hydrogen) atoms. The maximum absolute atomic E-state index is 12.3. The van der Waals surface area contributed by atoms with Gasteiger partial charge in [0.15, 0.2) is 4.90 Å². The van der Waals surface area contributed by atoms with Crippen molar-refractivity contribution in [3.05, 3.63) is 28.3 Å². The monoisotopic (exact) mass is 316 g/mol. The summed E-state index contributed by atoms with van der Waals surface area (Å²) in [6.07, 6.45) is 0.586. The van der Waals surface area contributed by atoms with Crippen LogP contribution in [0, 0.1) is 10.1 Å². The van der Waals surface area contributed by atoms with E-state index in [2.05, 4.69) is 4.72 Å². The number of nitrogens with two attached hydrogens (primary N) is 1. The number of anilines is 1. The molecule has 3 N–H and O–H groups in total. The van der Waals surface area contributed by atoms with Crippen LogP contribution in [0.3, 0.4) is 0 Å². The van der Waals surface area contributed by atoms with Crippen LogP contribution in [0.15, 0.2) is 23.1 Å². The van der Waals surface area contributed by atoms with Crippen LogP contribution in [0.1, 0.15) is 13.3 Å². The van der Waals surface area contributed by atoms with E-state index < -0.39 is 25.5 Å². The first-order valence-electron chi connectivity index (χ1n) is 6.35. The molecule has 0 bridgehead atoms. The molecule has 0 saturated carbocycles. The first-order valence-corrected chi connectivity index (χ1v) is 7.83. The lowest BCUT2D eigenvalue weighted by Gasteiger charge is -2.17. The summed E-state index contributed by atoms with van der Waals surface area (Å²) < 4.78 is 27.0. The first-order chi connectivity index (χ1) is 9.65. The highest BCUT2D eigenvalue weighted by Crippen LogP contribution is 2.29. The van der Waals surface area contributed by atoms with E-state index in [-0.39, 0.29) is 11.7 Å². The normalized spacial score (nSPS) is 13.3. The van der Waals surface area contributed by atoms with E-state index in [1.54, 1.807) is 6.92 Å². The zero-order valence-electron chi connectivity index (χ0n) is 12.2. The second-order valence-electron chi connectivity index (χ2n) is 5.07. The van der Waals surface area contributed by atoms with E-state index in [1.165, 1.54) is 18.2 Å². The van der Waals surface area contributed by atoms with Crippen molar-refractivity contribution in [2.24, 2.45) is 0 Å². The number of rotatable bonds is 7. The van der Waals surface area contributed by atoms with Gasteiger partial charge in [-0.15, -0.1) is 0 Å². The number of nitro groups is 1. The molecule has 0 amide bonds.